The predicted molar refractivity (Wildman–Crippen MR) is 93.8 cm³/mol. The van der Waals surface area contributed by atoms with Gasteiger partial charge in [0.15, 0.2) is 5.82 Å². The van der Waals surface area contributed by atoms with E-state index in [1.165, 1.54) is 0 Å². The molecule has 1 aliphatic carbocycles. The van der Waals surface area contributed by atoms with Crippen LogP contribution in [0.1, 0.15) is 30.7 Å². The first-order valence-electron chi connectivity index (χ1n) is 8.98. The Morgan fingerprint density at radius 3 is 2.60 bits per heavy atom. The fourth-order valence-electron chi connectivity index (χ4n) is 3.87. The summed E-state index contributed by atoms with van der Waals surface area (Å²) in [5, 5.41) is 19.2. The van der Waals surface area contributed by atoms with Gasteiger partial charge in [-0.1, -0.05) is 0 Å². The van der Waals surface area contributed by atoms with Crippen molar-refractivity contribution < 1.29 is 5.11 Å². The van der Waals surface area contributed by atoms with E-state index in [-0.39, 0.29) is 5.56 Å². The molecule has 2 aliphatic rings. The summed E-state index contributed by atoms with van der Waals surface area (Å²) in [4.78, 5) is 14.4. The molecular formula is C18H25N5O2. The van der Waals surface area contributed by atoms with Gasteiger partial charge in [-0.05, 0) is 45.2 Å². The van der Waals surface area contributed by atoms with Crippen molar-refractivity contribution in [2.24, 2.45) is 5.92 Å². The van der Waals surface area contributed by atoms with Crippen molar-refractivity contribution in [2.75, 3.05) is 19.6 Å². The van der Waals surface area contributed by atoms with Crippen molar-refractivity contribution in [1.29, 1.82) is 0 Å². The molecule has 0 radical (unpaired) electrons. The lowest BCUT2D eigenvalue weighted by Gasteiger charge is -2.47. The summed E-state index contributed by atoms with van der Waals surface area (Å²) >= 11 is 0. The maximum Gasteiger partial charge on any atom is 0.266 e. The van der Waals surface area contributed by atoms with Gasteiger partial charge in [-0.2, -0.15) is 5.10 Å². The van der Waals surface area contributed by atoms with E-state index in [2.05, 4.69) is 15.1 Å². The van der Waals surface area contributed by atoms with Gasteiger partial charge in [-0.25, -0.2) is 9.36 Å². The van der Waals surface area contributed by atoms with E-state index in [4.69, 9.17) is 0 Å². The Morgan fingerprint density at radius 2 is 2.00 bits per heavy atom. The van der Waals surface area contributed by atoms with Crippen LogP contribution in [-0.2, 0) is 6.54 Å². The third-order valence-corrected chi connectivity index (χ3v) is 5.35. The second kappa shape index (κ2) is 6.07. The van der Waals surface area contributed by atoms with Crippen LogP contribution in [0.2, 0.25) is 0 Å². The maximum atomic E-state index is 12.2. The number of rotatable bonds is 5. The van der Waals surface area contributed by atoms with Gasteiger partial charge in [-0.15, -0.1) is 5.10 Å². The van der Waals surface area contributed by atoms with Gasteiger partial charge in [0.2, 0.25) is 0 Å². The van der Waals surface area contributed by atoms with Crippen molar-refractivity contribution in [2.45, 2.75) is 45.3 Å². The molecule has 1 saturated carbocycles. The van der Waals surface area contributed by atoms with Crippen LogP contribution in [0.3, 0.4) is 0 Å². The van der Waals surface area contributed by atoms with Gasteiger partial charge in [0, 0.05) is 37.3 Å². The Bertz CT molecular complexity index is 830. The lowest BCUT2D eigenvalue weighted by molar-refractivity contribution is -0.0819. The normalized spacial score (nSPS) is 20.3. The monoisotopic (exact) mass is 343 g/mol. The topological polar surface area (TPSA) is 76.2 Å². The molecule has 0 bridgehead atoms. The zero-order valence-electron chi connectivity index (χ0n) is 14.9. The molecule has 25 heavy (non-hydrogen) atoms. The highest BCUT2D eigenvalue weighted by Crippen LogP contribution is 2.34. The van der Waals surface area contributed by atoms with Crippen LogP contribution in [0.4, 0.5) is 0 Å². The van der Waals surface area contributed by atoms with Crippen LogP contribution in [0.25, 0.3) is 5.82 Å². The van der Waals surface area contributed by atoms with Gasteiger partial charge >= 0.3 is 0 Å². The first-order valence-corrected chi connectivity index (χ1v) is 8.98. The molecule has 0 spiro atoms. The van der Waals surface area contributed by atoms with Crippen molar-refractivity contribution in [1.82, 2.24) is 24.5 Å². The lowest BCUT2D eigenvalue weighted by Crippen LogP contribution is -2.57. The molecule has 1 aliphatic heterocycles. The van der Waals surface area contributed by atoms with E-state index in [9.17, 15) is 9.90 Å². The molecule has 0 aromatic carbocycles. The summed E-state index contributed by atoms with van der Waals surface area (Å²) in [5.41, 5.74) is 1.39. The number of hydrogen-bond acceptors (Lipinski definition) is 5. The standard InChI is InChI=1S/C18H25N5O2/c1-13-8-14(2)23(19-13)16-4-5-17(24)22(20-16)11-15-9-21(10-15)12-18(25)6-3-7-18/h4-5,8,15,25H,3,6-7,9-12H2,1-2H3. The number of aromatic nitrogens is 4. The molecule has 0 amide bonds. The van der Waals surface area contributed by atoms with E-state index in [1.807, 2.05) is 19.9 Å². The van der Waals surface area contributed by atoms with E-state index in [0.29, 0.717) is 18.3 Å². The SMILES string of the molecule is Cc1cc(C)n(-c2ccc(=O)n(CC3CN(CC4(O)CCC4)C3)n2)n1. The van der Waals surface area contributed by atoms with Crippen LogP contribution < -0.4 is 5.56 Å². The zero-order chi connectivity index (χ0) is 17.6. The zero-order valence-corrected chi connectivity index (χ0v) is 14.9. The van der Waals surface area contributed by atoms with Gasteiger partial charge < -0.3 is 5.11 Å². The first kappa shape index (κ1) is 16.5. The number of β-amino-alcohol motifs (C(OH)–C–C–N with tert-alkyl or cyclic N) is 1. The highest BCUT2D eigenvalue weighted by Gasteiger charge is 2.39. The van der Waals surface area contributed by atoms with E-state index >= 15 is 0 Å². The Hall–Kier alpha value is -1.99. The van der Waals surface area contributed by atoms with E-state index < -0.39 is 5.60 Å². The minimum absolute atomic E-state index is 0.0821. The molecule has 2 aromatic rings. The van der Waals surface area contributed by atoms with Crippen LogP contribution >= 0.6 is 0 Å². The maximum absolute atomic E-state index is 12.2. The molecule has 134 valence electrons. The van der Waals surface area contributed by atoms with Gasteiger partial charge in [-0.3, -0.25) is 9.69 Å². The average Bonchev–Trinajstić information content (AvgIpc) is 2.84. The summed E-state index contributed by atoms with van der Waals surface area (Å²) in [6.07, 6.45) is 2.96. The summed E-state index contributed by atoms with van der Waals surface area (Å²) in [7, 11) is 0. The Kier molecular flexibility index (Phi) is 4.00. The third kappa shape index (κ3) is 3.26. The number of aryl methyl sites for hydroxylation is 2. The highest BCUT2D eigenvalue weighted by atomic mass is 16.3. The number of nitrogens with zero attached hydrogens (tertiary/aromatic N) is 5. The van der Waals surface area contributed by atoms with Crippen molar-refractivity contribution in [3.8, 4) is 5.82 Å². The Morgan fingerprint density at radius 1 is 1.24 bits per heavy atom. The molecule has 0 unspecified atom stereocenters. The smallest absolute Gasteiger partial charge is 0.266 e. The summed E-state index contributed by atoms with van der Waals surface area (Å²) in [6.45, 7) is 7.13. The molecule has 1 saturated heterocycles. The van der Waals surface area contributed by atoms with Gasteiger partial charge in [0.25, 0.3) is 5.56 Å². The minimum atomic E-state index is -0.463. The van der Waals surface area contributed by atoms with Gasteiger partial charge in [0.05, 0.1) is 17.8 Å². The van der Waals surface area contributed by atoms with Crippen molar-refractivity contribution in [3.63, 3.8) is 0 Å². The van der Waals surface area contributed by atoms with Crippen LogP contribution in [0.15, 0.2) is 23.0 Å². The van der Waals surface area contributed by atoms with Crippen LogP contribution in [-0.4, -0.2) is 54.8 Å². The largest absolute Gasteiger partial charge is 0.389 e. The third-order valence-electron chi connectivity index (χ3n) is 5.35. The molecule has 3 heterocycles. The van der Waals surface area contributed by atoms with E-state index in [1.54, 1.807) is 21.5 Å². The number of hydrogen-bond donors (Lipinski definition) is 1. The van der Waals surface area contributed by atoms with Crippen molar-refractivity contribution in [3.05, 3.63) is 39.9 Å². The molecule has 1 N–H and O–H groups in total. The van der Waals surface area contributed by atoms with E-state index in [0.717, 1.165) is 50.3 Å². The molecule has 2 aromatic heterocycles. The second-order valence-electron chi connectivity index (χ2n) is 7.69. The lowest BCUT2D eigenvalue weighted by atomic mass is 9.79. The highest BCUT2D eigenvalue weighted by molar-refractivity contribution is 5.23. The number of aliphatic hydroxyl groups is 1. The fraction of sp³-hybridized carbons (Fsp3) is 0.611. The minimum Gasteiger partial charge on any atom is -0.389 e. The quantitative estimate of drug-likeness (QED) is 0.873. The summed E-state index contributed by atoms with van der Waals surface area (Å²) in [6, 6.07) is 5.27. The number of likely N-dealkylation sites (tertiary alicyclic amines) is 1. The fourth-order valence-corrected chi connectivity index (χ4v) is 3.87. The molecule has 2 fully saturated rings. The second-order valence-corrected chi connectivity index (χ2v) is 7.69. The van der Waals surface area contributed by atoms with Crippen molar-refractivity contribution >= 4 is 0 Å². The summed E-state index contributed by atoms with van der Waals surface area (Å²) < 4.78 is 3.32. The molecule has 4 rings (SSSR count). The molecule has 0 atom stereocenters. The molecular weight excluding hydrogens is 318 g/mol. The van der Waals surface area contributed by atoms with Crippen LogP contribution in [0, 0.1) is 19.8 Å². The molecule has 7 nitrogen and oxygen atoms in total. The Labute approximate surface area is 146 Å². The molecule has 7 heteroatoms. The Balaban J connectivity index is 1.42. The van der Waals surface area contributed by atoms with Crippen LogP contribution in [0.5, 0.6) is 0 Å². The predicted octanol–water partition coefficient (Wildman–Crippen LogP) is 0.893. The average molecular weight is 343 g/mol. The van der Waals surface area contributed by atoms with Gasteiger partial charge in [0.1, 0.15) is 0 Å². The summed E-state index contributed by atoms with van der Waals surface area (Å²) in [5.74, 6) is 1.08. The first-order chi connectivity index (χ1) is 11.9.